The molecular formula is C15H17ClN2O2. The summed E-state index contributed by atoms with van der Waals surface area (Å²) in [5.74, 6) is 1.22. The number of aromatic nitrogens is 2. The van der Waals surface area contributed by atoms with Crippen LogP contribution < -0.4 is 5.56 Å². The molecule has 2 unspecified atom stereocenters. The maximum atomic E-state index is 12.6. The Balaban J connectivity index is 2.08. The first kappa shape index (κ1) is 13.6. The largest absolute Gasteiger partial charge is 0.378 e. The lowest BCUT2D eigenvalue weighted by Crippen LogP contribution is -2.30. The number of fused-ring (bicyclic) bond motifs is 1. The fourth-order valence-corrected chi connectivity index (χ4v) is 2.96. The van der Waals surface area contributed by atoms with E-state index in [1.165, 1.54) is 0 Å². The first-order valence-electron chi connectivity index (χ1n) is 6.86. The first-order chi connectivity index (χ1) is 9.70. The quantitative estimate of drug-likeness (QED) is 0.817. The van der Waals surface area contributed by atoms with Crippen molar-refractivity contribution in [1.29, 1.82) is 0 Å². The minimum Gasteiger partial charge on any atom is -0.378 e. The molecule has 0 bridgehead atoms. The molecule has 20 heavy (non-hydrogen) atoms. The van der Waals surface area contributed by atoms with Gasteiger partial charge in [-0.05, 0) is 25.5 Å². The molecule has 4 nitrogen and oxygen atoms in total. The van der Waals surface area contributed by atoms with E-state index in [1.54, 1.807) is 4.57 Å². The van der Waals surface area contributed by atoms with Gasteiger partial charge in [-0.15, -0.1) is 11.6 Å². The zero-order chi connectivity index (χ0) is 14.1. The van der Waals surface area contributed by atoms with Crippen LogP contribution in [0, 0.1) is 5.92 Å². The molecule has 2 heterocycles. The van der Waals surface area contributed by atoms with E-state index in [2.05, 4.69) is 11.9 Å². The zero-order valence-electron chi connectivity index (χ0n) is 11.4. The van der Waals surface area contributed by atoms with Crippen LogP contribution in [0.25, 0.3) is 10.9 Å². The van der Waals surface area contributed by atoms with Crippen LogP contribution in [-0.2, 0) is 17.2 Å². The third-order valence-corrected chi connectivity index (χ3v) is 4.25. The van der Waals surface area contributed by atoms with E-state index in [-0.39, 0.29) is 17.5 Å². The Morgan fingerprint density at radius 1 is 1.45 bits per heavy atom. The molecule has 0 saturated carbocycles. The summed E-state index contributed by atoms with van der Waals surface area (Å²) in [5, 5.41) is 0.646. The number of ether oxygens (including phenoxy) is 1. The second-order valence-electron chi connectivity index (χ2n) is 5.22. The predicted octanol–water partition coefficient (Wildman–Crippen LogP) is 2.56. The highest BCUT2D eigenvalue weighted by Gasteiger charge is 2.26. The first-order valence-corrected chi connectivity index (χ1v) is 7.40. The van der Waals surface area contributed by atoms with Crippen LogP contribution in [0.5, 0.6) is 0 Å². The van der Waals surface area contributed by atoms with Crippen molar-refractivity contribution in [2.24, 2.45) is 5.92 Å². The summed E-state index contributed by atoms with van der Waals surface area (Å²) in [6, 6.07) is 7.40. The lowest BCUT2D eigenvalue weighted by Gasteiger charge is -2.18. The van der Waals surface area contributed by atoms with Crippen molar-refractivity contribution in [3.63, 3.8) is 0 Å². The van der Waals surface area contributed by atoms with Crippen LogP contribution in [0.15, 0.2) is 29.1 Å². The lowest BCUT2D eigenvalue weighted by atomic mass is 10.0. The molecule has 1 aliphatic rings. The lowest BCUT2D eigenvalue weighted by molar-refractivity contribution is 0.101. The van der Waals surface area contributed by atoms with Gasteiger partial charge in [0.1, 0.15) is 5.82 Å². The van der Waals surface area contributed by atoms with Crippen LogP contribution in [0.3, 0.4) is 0 Å². The monoisotopic (exact) mass is 292 g/mol. The molecule has 5 heteroatoms. The Bertz CT molecular complexity index is 683. The molecule has 0 spiro atoms. The third-order valence-electron chi connectivity index (χ3n) is 4.01. The van der Waals surface area contributed by atoms with Crippen LogP contribution in [0.1, 0.15) is 19.2 Å². The Labute approximate surface area is 122 Å². The number of benzene rings is 1. The summed E-state index contributed by atoms with van der Waals surface area (Å²) >= 11 is 5.97. The second-order valence-corrected chi connectivity index (χ2v) is 5.49. The number of nitrogens with zero attached hydrogens (tertiary/aromatic N) is 2. The molecule has 1 aromatic carbocycles. The molecule has 0 radical (unpaired) electrons. The Kier molecular flexibility index (Phi) is 3.76. The molecule has 0 amide bonds. The highest BCUT2D eigenvalue weighted by Crippen LogP contribution is 2.22. The highest BCUT2D eigenvalue weighted by molar-refractivity contribution is 6.16. The molecule has 2 aromatic rings. The van der Waals surface area contributed by atoms with Gasteiger partial charge >= 0.3 is 0 Å². The van der Waals surface area contributed by atoms with Crippen LogP contribution >= 0.6 is 11.6 Å². The standard InChI is InChI=1S/C15H17ClN2O2/c1-10-11(6-7-20-10)9-18-14(8-16)17-13-5-3-2-4-12(13)15(18)19/h2-5,10-11H,6-9H2,1H3. The molecule has 1 aliphatic heterocycles. The fourth-order valence-electron chi connectivity index (χ4n) is 2.75. The Hall–Kier alpha value is -1.39. The topological polar surface area (TPSA) is 44.1 Å². The van der Waals surface area contributed by atoms with Crippen molar-refractivity contribution in [2.75, 3.05) is 6.61 Å². The average molecular weight is 293 g/mol. The van der Waals surface area contributed by atoms with E-state index in [9.17, 15) is 4.79 Å². The van der Waals surface area contributed by atoms with E-state index in [1.807, 2.05) is 24.3 Å². The number of rotatable bonds is 3. The predicted molar refractivity (Wildman–Crippen MR) is 79.1 cm³/mol. The van der Waals surface area contributed by atoms with Crippen molar-refractivity contribution < 1.29 is 4.74 Å². The fraction of sp³-hybridized carbons (Fsp3) is 0.467. The molecular weight excluding hydrogens is 276 g/mol. The number of alkyl halides is 1. The van der Waals surface area contributed by atoms with Gasteiger partial charge in [-0.1, -0.05) is 12.1 Å². The average Bonchev–Trinajstić information content (AvgIpc) is 2.87. The van der Waals surface area contributed by atoms with Gasteiger partial charge in [0, 0.05) is 19.1 Å². The molecule has 1 fully saturated rings. The van der Waals surface area contributed by atoms with Gasteiger partial charge in [0.05, 0.1) is 22.9 Å². The van der Waals surface area contributed by atoms with Gasteiger partial charge in [-0.3, -0.25) is 9.36 Å². The van der Waals surface area contributed by atoms with E-state index in [0.29, 0.717) is 29.2 Å². The number of hydrogen-bond donors (Lipinski definition) is 0. The maximum absolute atomic E-state index is 12.6. The summed E-state index contributed by atoms with van der Waals surface area (Å²) in [4.78, 5) is 17.1. The summed E-state index contributed by atoms with van der Waals surface area (Å²) in [6.07, 6.45) is 1.15. The van der Waals surface area contributed by atoms with Crippen LogP contribution in [0.4, 0.5) is 0 Å². The van der Waals surface area contributed by atoms with Crippen molar-refractivity contribution in [3.8, 4) is 0 Å². The van der Waals surface area contributed by atoms with E-state index in [0.717, 1.165) is 13.0 Å². The molecule has 106 valence electrons. The van der Waals surface area contributed by atoms with Gasteiger partial charge < -0.3 is 4.74 Å². The van der Waals surface area contributed by atoms with Crippen LogP contribution in [0.2, 0.25) is 0 Å². The molecule has 0 N–H and O–H groups in total. The molecule has 2 atom stereocenters. The van der Waals surface area contributed by atoms with Crippen molar-refractivity contribution in [2.45, 2.75) is 31.9 Å². The van der Waals surface area contributed by atoms with Crippen LogP contribution in [-0.4, -0.2) is 22.3 Å². The van der Waals surface area contributed by atoms with E-state index >= 15 is 0 Å². The van der Waals surface area contributed by atoms with Gasteiger partial charge in [-0.2, -0.15) is 0 Å². The van der Waals surface area contributed by atoms with Gasteiger partial charge in [0.2, 0.25) is 0 Å². The normalized spacial score (nSPS) is 22.5. The van der Waals surface area contributed by atoms with Gasteiger partial charge in [0.25, 0.3) is 5.56 Å². The maximum Gasteiger partial charge on any atom is 0.261 e. The summed E-state index contributed by atoms with van der Waals surface area (Å²) in [6.45, 7) is 3.44. The highest BCUT2D eigenvalue weighted by atomic mass is 35.5. The summed E-state index contributed by atoms with van der Waals surface area (Å²) in [5.41, 5.74) is 0.700. The Morgan fingerprint density at radius 2 is 2.25 bits per heavy atom. The van der Waals surface area contributed by atoms with E-state index in [4.69, 9.17) is 16.3 Å². The third kappa shape index (κ3) is 2.34. The SMILES string of the molecule is CC1OCCC1Cn1c(CCl)nc2ccccc2c1=O. The van der Waals surface area contributed by atoms with E-state index < -0.39 is 0 Å². The zero-order valence-corrected chi connectivity index (χ0v) is 12.1. The molecule has 1 saturated heterocycles. The number of halogens is 1. The number of para-hydroxylation sites is 1. The summed E-state index contributed by atoms with van der Waals surface area (Å²) in [7, 11) is 0. The van der Waals surface area contributed by atoms with Gasteiger partial charge in [-0.25, -0.2) is 4.98 Å². The Morgan fingerprint density at radius 3 is 2.95 bits per heavy atom. The molecule has 0 aliphatic carbocycles. The molecule has 3 rings (SSSR count). The molecule has 1 aromatic heterocycles. The number of hydrogen-bond acceptors (Lipinski definition) is 3. The van der Waals surface area contributed by atoms with Crippen molar-refractivity contribution in [1.82, 2.24) is 9.55 Å². The summed E-state index contributed by atoms with van der Waals surface area (Å²) < 4.78 is 7.28. The smallest absolute Gasteiger partial charge is 0.261 e. The van der Waals surface area contributed by atoms with Crippen molar-refractivity contribution in [3.05, 3.63) is 40.4 Å². The second kappa shape index (κ2) is 5.54. The van der Waals surface area contributed by atoms with Crippen molar-refractivity contribution >= 4 is 22.5 Å². The minimum atomic E-state index is -0.00894. The minimum absolute atomic E-state index is 0.00894. The van der Waals surface area contributed by atoms with Gasteiger partial charge in [0.15, 0.2) is 0 Å².